The van der Waals surface area contributed by atoms with Crippen molar-refractivity contribution in [2.75, 3.05) is 6.54 Å². The minimum absolute atomic E-state index is 0.109. The van der Waals surface area contributed by atoms with E-state index in [4.69, 9.17) is 4.74 Å². The second-order valence-corrected chi connectivity index (χ2v) is 8.04. The summed E-state index contributed by atoms with van der Waals surface area (Å²) in [6.45, 7) is 2.38. The molecule has 5 rings (SSSR count). The van der Waals surface area contributed by atoms with Crippen molar-refractivity contribution < 1.29 is 22.7 Å². The fraction of sp³-hybridized carbons (Fsp3) is 0.381. The highest BCUT2D eigenvalue weighted by Gasteiger charge is 2.49. The molecule has 0 radical (unpaired) electrons. The quantitative estimate of drug-likeness (QED) is 0.615. The highest BCUT2D eigenvalue weighted by molar-refractivity contribution is 5.96. The molecule has 11 heteroatoms. The van der Waals surface area contributed by atoms with Gasteiger partial charge in [0.1, 0.15) is 11.8 Å². The summed E-state index contributed by atoms with van der Waals surface area (Å²) < 4.78 is 44.2. The smallest absolute Gasteiger partial charge is 0.417 e. The Morgan fingerprint density at radius 2 is 1.91 bits per heavy atom. The zero-order valence-corrected chi connectivity index (χ0v) is 17.0. The molecule has 1 saturated carbocycles. The number of aryl methyl sites for hydroxylation is 1. The maximum atomic E-state index is 13.5. The van der Waals surface area contributed by atoms with E-state index in [2.05, 4.69) is 20.2 Å². The molecule has 4 heterocycles. The van der Waals surface area contributed by atoms with Crippen molar-refractivity contribution in [3.8, 4) is 11.6 Å². The monoisotopic (exact) mass is 444 g/mol. The maximum absolute atomic E-state index is 13.5. The summed E-state index contributed by atoms with van der Waals surface area (Å²) in [6, 6.07) is 5.48. The molecule has 2 aliphatic rings. The topological polar surface area (TPSA) is 86.0 Å². The lowest BCUT2D eigenvalue weighted by Gasteiger charge is -2.33. The van der Waals surface area contributed by atoms with Gasteiger partial charge in [-0.2, -0.15) is 23.4 Å². The first-order valence-electron chi connectivity index (χ1n) is 10.1. The van der Waals surface area contributed by atoms with Crippen LogP contribution in [0.15, 0.2) is 42.9 Å². The number of ether oxygens (including phenoxy) is 1. The number of amides is 1. The number of carbonyl (C=O) groups excluding carboxylic acids is 1. The fourth-order valence-corrected chi connectivity index (χ4v) is 4.44. The number of halogens is 3. The summed E-state index contributed by atoms with van der Waals surface area (Å²) >= 11 is 0. The van der Waals surface area contributed by atoms with Gasteiger partial charge in [-0.25, -0.2) is 9.97 Å². The van der Waals surface area contributed by atoms with Crippen molar-refractivity contribution in [1.82, 2.24) is 29.9 Å². The Kier molecular flexibility index (Phi) is 4.83. The van der Waals surface area contributed by atoms with E-state index in [1.165, 1.54) is 23.3 Å². The van der Waals surface area contributed by atoms with Crippen molar-refractivity contribution >= 4 is 5.91 Å². The first-order valence-corrected chi connectivity index (χ1v) is 10.1. The van der Waals surface area contributed by atoms with E-state index in [0.717, 1.165) is 18.7 Å². The lowest BCUT2D eigenvalue weighted by molar-refractivity contribution is -0.137. The van der Waals surface area contributed by atoms with Crippen molar-refractivity contribution in [1.29, 1.82) is 0 Å². The minimum atomic E-state index is -4.46. The van der Waals surface area contributed by atoms with Crippen LogP contribution in [0.1, 0.15) is 34.6 Å². The van der Waals surface area contributed by atoms with Gasteiger partial charge >= 0.3 is 6.18 Å². The minimum Gasteiger partial charge on any atom is -0.472 e. The summed E-state index contributed by atoms with van der Waals surface area (Å²) in [4.78, 5) is 24.8. The number of likely N-dealkylation sites (tertiary alicyclic amines) is 1. The van der Waals surface area contributed by atoms with Gasteiger partial charge in [-0.1, -0.05) is 0 Å². The van der Waals surface area contributed by atoms with Crippen LogP contribution < -0.4 is 4.74 Å². The van der Waals surface area contributed by atoms with Crippen LogP contribution in [-0.2, 0) is 6.18 Å². The number of fused-ring (bicyclic) bond motifs is 2. The van der Waals surface area contributed by atoms with Gasteiger partial charge in [0.25, 0.3) is 5.91 Å². The number of pyridine rings is 2. The Balaban J connectivity index is 1.37. The van der Waals surface area contributed by atoms with Gasteiger partial charge in [-0.15, -0.1) is 4.80 Å². The zero-order valence-electron chi connectivity index (χ0n) is 17.0. The molecule has 0 spiro atoms. The van der Waals surface area contributed by atoms with E-state index >= 15 is 0 Å². The SMILES string of the molecule is Cc1ccc(-n2nccn2)c(C(=O)N2CC3CC2[C@@H](Oc2ccc(C(F)(F)F)cn2)C3)n1. The predicted octanol–water partition coefficient (Wildman–Crippen LogP) is 3.07. The maximum Gasteiger partial charge on any atom is 0.417 e. The standard InChI is InChI=1S/C21H19F3N6O2/c1-12-2-4-15(30-26-6-7-27-30)19(28-12)20(31)29-11-13-8-16(29)17(9-13)32-18-5-3-14(10-25-18)21(22,23)24/h2-7,10,13,16-17H,8-9,11H2,1H3/t13?,16?,17-/m0/s1. The van der Waals surface area contributed by atoms with Gasteiger partial charge in [0, 0.05) is 24.5 Å². The fourth-order valence-electron chi connectivity index (χ4n) is 4.44. The normalized spacial score (nSPS) is 22.4. The van der Waals surface area contributed by atoms with Crippen LogP contribution in [0.4, 0.5) is 13.2 Å². The zero-order chi connectivity index (χ0) is 22.5. The molecule has 2 bridgehead atoms. The van der Waals surface area contributed by atoms with Crippen LogP contribution in [0, 0.1) is 12.8 Å². The number of hydrogen-bond acceptors (Lipinski definition) is 6. The number of rotatable bonds is 4. The van der Waals surface area contributed by atoms with E-state index in [-0.39, 0.29) is 35.5 Å². The highest BCUT2D eigenvalue weighted by Crippen LogP contribution is 2.40. The van der Waals surface area contributed by atoms with Gasteiger partial charge in [-0.3, -0.25) is 4.79 Å². The predicted molar refractivity (Wildman–Crippen MR) is 105 cm³/mol. The number of nitrogens with zero attached hydrogens (tertiary/aromatic N) is 6. The molecule has 1 aliphatic heterocycles. The highest BCUT2D eigenvalue weighted by atomic mass is 19.4. The van der Waals surface area contributed by atoms with E-state index in [9.17, 15) is 18.0 Å². The average Bonchev–Trinajstić information content (AvgIpc) is 3.50. The molecule has 1 saturated heterocycles. The van der Waals surface area contributed by atoms with Gasteiger partial charge in [0.2, 0.25) is 5.88 Å². The van der Waals surface area contributed by atoms with Gasteiger partial charge in [-0.05, 0) is 43.9 Å². The molecular weight excluding hydrogens is 425 g/mol. The summed E-state index contributed by atoms with van der Waals surface area (Å²) in [5, 5.41) is 8.22. The molecule has 3 aromatic heterocycles. The Labute approximate surface area is 181 Å². The molecule has 8 nitrogen and oxygen atoms in total. The molecule has 2 unspecified atom stereocenters. The van der Waals surface area contributed by atoms with Gasteiger partial charge in [0.05, 0.1) is 24.0 Å². The molecule has 166 valence electrons. The summed E-state index contributed by atoms with van der Waals surface area (Å²) in [7, 11) is 0. The first-order chi connectivity index (χ1) is 15.3. The molecule has 0 aromatic carbocycles. The lowest BCUT2D eigenvalue weighted by atomic mass is 10.1. The molecule has 32 heavy (non-hydrogen) atoms. The van der Waals surface area contributed by atoms with E-state index < -0.39 is 11.7 Å². The second kappa shape index (κ2) is 7.57. The second-order valence-electron chi connectivity index (χ2n) is 8.04. The Bertz CT molecular complexity index is 1130. The number of aromatic nitrogens is 5. The molecule has 0 N–H and O–H groups in total. The van der Waals surface area contributed by atoms with Crippen LogP contribution in [0.25, 0.3) is 5.69 Å². The summed E-state index contributed by atoms with van der Waals surface area (Å²) in [5.41, 5.74) is 0.589. The van der Waals surface area contributed by atoms with Crippen molar-refractivity contribution in [3.05, 3.63) is 59.8 Å². The number of hydrogen-bond donors (Lipinski definition) is 0. The van der Waals surface area contributed by atoms with Crippen LogP contribution in [-0.4, -0.2) is 54.5 Å². The van der Waals surface area contributed by atoms with Crippen LogP contribution >= 0.6 is 0 Å². The summed E-state index contributed by atoms with van der Waals surface area (Å²) in [5.74, 6) is 0.111. The Hall–Kier alpha value is -3.50. The number of piperidine rings is 1. The van der Waals surface area contributed by atoms with E-state index in [0.29, 0.717) is 24.3 Å². The van der Waals surface area contributed by atoms with Crippen LogP contribution in [0.3, 0.4) is 0 Å². The van der Waals surface area contributed by atoms with Gasteiger partial charge < -0.3 is 9.64 Å². The summed E-state index contributed by atoms with van der Waals surface area (Å²) in [6.07, 6.45) is 0.469. The van der Waals surface area contributed by atoms with Crippen LogP contribution in [0.5, 0.6) is 5.88 Å². The molecular formula is C21H19F3N6O2. The first kappa shape index (κ1) is 20.4. The Morgan fingerprint density at radius 3 is 2.56 bits per heavy atom. The van der Waals surface area contributed by atoms with Gasteiger partial charge in [0.15, 0.2) is 5.69 Å². The van der Waals surface area contributed by atoms with Crippen LogP contribution in [0.2, 0.25) is 0 Å². The number of carbonyl (C=O) groups is 1. The van der Waals surface area contributed by atoms with E-state index in [1.807, 2.05) is 0 Å². The van der Waals surface area contributed by atoms with E-state index in [1.54, 1.807) is 24.0 Å². The molecule has 3 aromatic rings. The lowest BCUT2D eigenvalue weighted by Crippen LogP contribution is -2.47. The largest absolute Gasteiger partial charge is 0.472 e. The molecule has 1 amide bonds. The van der Waals surface area contributed by atoms with Crippen molar-refractivity contribution in [3.63, 3.8) is 0 Å². The van der Waals surface area contributed by atoms with Crippen molar-refractivity contribution in [2.24, 2.45) is 5.92 Å². The number of alkyl halides is 3. The molecule has 1 aliphatic carbocycles. The van der Waals surface area contributed by atoms with Crippen molar-refractivity contribution in [2.45, 2.75) is 38.1 Å². The molecule has 2 fully saturated rings. The molecule has 3 atom stereocenters. The average molecular weight is 444 g/mol. The third-order valence-electron chi connectivity index (χ3n) is 5.87. The third-order valence-corrected chi connectivity index (χ3v) is 5.87. The Morgan fingerprint density at radius 1 is 1.12 bits per heavy atom. The third kappa shape index (κ3) is 3.67.